The summed E-state index contributed by atoms with van der Waals surface area (Å²) in [5, 5.41) is 19.9. The minimum atomic E-state index is -0.478. The third-order valence-electron chi connectivity index (χ3n) is 3.02. The van der Waals surface area contributed by atoms with Crippen LogP contribution in [0.5, 0.6) is 5.75 Å². The average Bonchev–Trinajstić information content (AvgIpc) is 2.59. The number of nitro groups is 1. The smallest absolute Gasteiger partial charge is 0.269 e. The number of terminal acetylenes is 1. The molecule has 0 fully saturated rings. The highest BCUT2D eigenvalue weighted by Crippen LogP contribution is 2.22. The third kappa shape index (κ3) is 4.20. The molecule has 0 aliphatic heterocycles. The molecule has 0 atom stereocenters. The fourth-order valence-corrected chi connectivity index (χ4v) is 1.89. The number of ether oxygens (including phenoxy) is 1. The van der Waals surface area contributed by atoms with E-state index in [1.54, 1.807) is 42.5 Å². The van der Waals surface area contributed by atoms with Crippen molar-refractivity contribution in [2.24, 2.45) is 0 Å². The second-order valence-electron chi connectivity index (χ2n) is 4.54. The summed E-state index contributed by atoms with van der Waals surface area (Å²) >= 11 is 0. The summed E-state index contributed by atoms with van der Waals surface area (Å²) in [4.78, 5) is 10.2. The Morgan fingerprint density at radius 1 is 1.22 bits per heavy atom. The van der Waals surface area contributed by atoms with Gasteiger partial charge in [0.25, 0.3) is 5.69 Å². The van der Waals surface area contributed by atoms with E-state index >= 15 is 0 Å². The topological polar surface area (TPSA) is 76.2 Å². The van der Waals surface area contributed by atoms with Crippen molar-refractivity contribution in [3.05, 3.63) is 69.8 Å². The van der Waals surface area contributed by atoms with Gasteiger partial charge >= 0.3 is 0 Å². The van der Waals surface area contributed by atoms with E-state index in [-0.39, 0.29) is 12.3 Å². The SMILES string of the molecule is C#CCOc1ccc(/C=C(\C#N)c2ccc([N+](=O)[O-])cc2)cc1. The van der Waals surface area contributed by atoms with Gasteiger partial charge in [0.1, 0.15) is 12.4 Å². The molecule has 0 saturated carbocycles. The van der Waals surface area contributed by atoms with Crippen LogP contribution < -0.4 is 4.74 Å². The second-order valence-corrected chi connectivity index (χ2v) is 4.54. The zero-order valence-corrected chi connectivity index (χ0v) is 12.1. The van der Waals surface area contributed by atoms with Crippen LogP contribution in [0.4, 0.5) is 5.69 Å². The van der Waals surface area contributed by atoms with Gasteiger partial charge in [0.05, 0.1) is 16.6 Å². The summed E-state index contributed by atoms with van der Waals surface area (Å²) in [5.74, 6) is 3.03. The lowest BCUT2D eigenvalue weighted by Crippen LogP contribution is -1.92. The molecular weight excluding hydrogens is 292 g/mol. The number of allylic oxidation sites excluding steroid dienone is 1. The molecule has 0 unspecified atom stereocenters. The molecule has 2 aromatic carbocycles. The minimum Gasteiger partial charge on any atom is -0.481 e. The van der Waals surface area contributed by atoms with Crippen molar-refractivity contribution in [3.8, 4) is 24.2 Å². The summed E-state index contributed by atoms with van der Waals surface area (Å²) in [5.41, 5.74) is 1.83. The molecule has 2 rings (SSSR count). The van der Waals surface area contributed by atoms with Crippen molar-refractivity contribution in [1.82, 2.24) is 0 Å². The maximum absolute atomic E-state index is 10.7. The van der Waals surface area contributed by atoms with Crippen LogP contribution in [0.15, 0.2) is 48.5 Å². The number of hydrogen-bond acceptors (Lipinski definition) is 4. The molecule has 0 heterocycles. The molecule has 0 amide bonds. The molecule has 112 valence electrons. The Morgan fingerprint density at radius 2 is 1.87 bits per heavy atom. The molecule has 2 aromatic rings. The van der Waals surface area contributed by atoms with Crippen LogP contribution in [0, 0.1) is 33.8 Å². The van der Waals surface area contributed by atoms with Gasteiger partial charge in [-0.3, -0.25) is 10.1 Å². The van der Waals surface area contributed by atoms with Crippen LogP contribution >= 0.6 is 0 Å². The molecule has 0 aromatic heterocycles. The fraction of sp³-hybridized carbons (Fsp3) is 0.0556. The summed E-state index contributed by atoms with van der Waals surface area (Å²) in [6, 6.07) is 15.1. The van der Waals surface area contributed by atoms with Crippen LogP contribution in [0.2, 0.25) is 0 Å². The average molecular weight is 304 g/mol. The van der Waals surface area contributed by atoms with Gasteiger partial charge in [0.15, 0.2) is 0 Å². The van der Waals surface area contributed by atoms with E-state index in [9.17, 15) is 15.4 Å². The molecule has 0 aliphatic rings. The van der Waals surface area contributed by atoms with Gasteiger partial charge in [-0.05, 0) is 41.5 Å². The molecule has 5 nitrogen and oxygen atoms in total. The molecule has 0 bridgehead atoms. The van der Waals surface area contributed by atoms with Crippen LogP contribution in [0.1, 0.15) is 11.1 Å². The van der Waals surface area contributed by atoms with Gasteiger partial charge in [0, 0.05) is 12.1 Å². The van der Waals surface area contributed by atoms with E-state index in [0.717, 1.165) is 5.56 Å². The van der Waals surface area contributed by atoms with Crippen molar-refractivity contribution >= 4 is 17.3 Å². The summed E-state index contributed by atoms with van der Waals surface area (Å²) < 4.78 is 5.28. The Morgan fingerprint density at radius 3 is 2.39 bits per heavy atom. The molecule has 5 heteroatoms. The monoisotopic (exact) mass is 304 g/mol. The van der Waals surface area contributed by atoms with E-state index in [0.29, 0.717) is 16.9 Å². The normalized spacial score (nSPS) is 10.4. The lowest BCUT2D eigenvalue weighted by molar-refractivity contribution is -0.384. The van der Waals surface area contributed by atoms with Crippen molar-refractivity contribution < 1.29 is 9.66 Å². The maximum Gasteiger partial charge on any atom is 0.269 e. The molecule has 23 heavy (non-hydrogen) atoms. The number of nitrogens with zero attached hydrogens (tertiary/aromatic N) is 2. The van der Waals surface area contributed by atoms with Gasteiger partial charge in [-0.15, -0.1) is 6.42 Å². The number of nitro benzene ring substituents is 1. The standard InChI is InChI=1S/C18H12N2O3/c1-2-11-23-18-9-3-14(4-10-18)12-16(13-19)15-5-7-17(8-6-15)20(21)22/h1,3-10,12H,11H2/b16-12+. The Kier molecular flexibility index (Phi) is 5.12. The molecule has 0 N–H and O–H groups in total. The lowest BCUT2D eigenvalue weighted by Gasteiger charge is -2.03. The molecule has 0 spiro atoms. The van der Waals surface area contributed by atoms with Crippen molar-refractivity contribution in [3.63, 3.8) is 0 Å². The van der Waals surface area contributed by atoms with Crippen LogP contribution in [-0.4, -0.2) is 11.5 Å². The largest absolute Gasteiger partial charge is 0.481 e. The zero-order chi connectivity index (χ0) is 16.7. The van der Waals surface area contributed by atoms with Crippen LogP contribution in [0.3, 0.4) is 0 Å². The Hall–Kier alpha value is -3.57. The van der Waals surface area contributed by atoms with Crippen molar-refractivity contribution in [2.45, 2.75) is 0 Å². The number of nitriles is 1. The second kappa shape index (κ2) is 7.44. The van der Waals surface area contributed by atoms with Crippen molar-refractivity contribution in [2.75, 3.05) is 6.61 Å². The fourth-order valence-electron chi connectivity index (χ4n) is 1.89. The summed E-state index contributed by atoms with van der Waals surface area (Å²) in [6.45, 7) is 0.196. The third-order valence-corrected chi connectivity index (χ3v) is 3.02. The van der Waals surface area contributed by atoms with E-state index in [4.69, 9.17) is 11.2 Å². The molecule has 0 radical (unpaired) electrons. The van der Waals surface area contributed by atoms with E-state index in [1.807, 2.05) is 0 Å². The zero-order valence-electron chi connectivity index (χ0n) is 12.1. The number of rotatable bonds is 5. The summed E-state index contributed by atoms with van der Waals surface area (Å²) in [6.07, 6.45) is 6.82. The molecule has 0 saturated heterocycles. The van der Waals surface area contributed by atoms with E-state index in [2.05, 4.69) is 12.0 Å². The summed E-state index contributed by atoms with van der Waals surface area (Å²) in [7, 11) is 0. The highest BCUT2D eigenvalue weighted by atomic mass is 16.6. The van der Waals surface area contributed by atoms with Crippen molar-refractivity contribution in [1.29, 1.82) is 5.26 Å². The van der Waals surface area contributed by atoms with Gasteiger partial charge in [0.2, 0.25) is 0 Å². The number of non-ortho nitro benzene ring substituents is 1. The molecule has 0 aliphatic carbocycles. The predicted octanol–water partition coefficient (Wildman–Crippen LogP) is 3.67. The number of benzene rings is 2. The number of hydrogen-bond donors (Lipinski definition) is 0. The first-order chi connectivity index (χ1) is 11.1. The van der Waals surface area contributed by atoms with Gasteiger partial charge in [-0.1, -0.05) is 18.1 Å². The predicted molar refractivity (Wildman–Crippen MR) is 87.4 cm³/mol. The highest BCUT2D eigenvalue weighted by molar-refractivity contribution is 5.89. The Labute approximate surface area is 133 Å². The minimum absolute atomic E-state index is 0.0129. The highest BCUT2D eigenvalue weighted by Gasteiger charge is 2.07. The molecular formula is C18H12N2O3. The Balaban J connectivity index is 2.23. The van der Waals surface area contributed by atoms with Gasteiger partial charge < -0.3 is 4.74 Å². The Bertz CT molecular complexity index is 807. The first-order valence-electron chi connectivity index (χ1n) is 6.67. The first kappa shape index (κ1) is 15.8. The quantitative estimate of drug-likeness (QED) is 0.278. The van der Waals surface area contributed by atoms with Crippen LogP contribution in [0.25, 0.3) is 11.6 Å². The van der Waals surface area contributed by atoms with Gasteiger partial charge in [-0.25, -0.2) is 0 Å². The first-order valence-corrected chi connectivity index (χ1v) is 6.67. The van der Waals surface area contributed by atoms with Crippen LogP contribution in [-0.2, 0) is 0 Å². The maximum atomic E-state index is 10.7. The van der Waals surface area contributed by atoms with E-state index < -0.39 is 4.92 Å². The lowest BCUT2D eigenvalue weighted by atomic mass is 10.0. The van der Waals surface area contributed by atoms with E-state index in [1.165, 1.54) is 12.1 Å². The van der Waals surface area contributed by atoms with Gasteiger partial charge in [-0.2, -0.15) is 5.26 Å².